The molecule has 4 nitrogen and oxygen atoms in total. The quantitative estimate of drug-likeness (QED) is 0.387. The summed E-state index contributed by atoms with van der Waals surface area (Å²) in [6.07, 6.45) is 0.369. The fourth-order valence-electron chi connectivity index (χ4n) is 1.27. The number of rotatable bonds is 1. The van der Waals surface area contributed by atoms with Gasteiger partial charge in [-0.1, -0.05) is 0 Å². The van der Waals surface area contributed by atoms with Gasteiger partial charge in [-0.3, -0.25) is 4.79 Å². The minimum Gasteiger partial charge on any atom is -0.390 e. The Labute approximate surface area is 66.8 Å². The minimum atomic E-state index is -0.437. The average Bonchev–Trinajstić information content (AvgIpc) is 1.93. The van der Waals surface area contributed by atoms with Crippen LogP contribution in [0.25, 0.3) is 0 Å². The third-order valence-electron chi connectivity index (χ3n) is 1.84. The summed E-state index contributed by atoms with van der Waals surface area (Å²) < 4.78 is 0. The zero-order valence-electron chi connectivity index (χ0n) is 6.63. The van der Waals surface area contributed by atoms with E-state index >= 15 is 0 Å². The number of carbonyl (C=O) groups excluding carboxylic acids is 1. The summed E-state index contributed by atoms with van der Waals surface area (Å²) in [4.78, 5) is 10.6. The summed E-state index contributed by atoms with van der Waals surface area (Å²) in [7, 11) is 1.47. The van der Waals surface area contributed by atoms with Crippen molar-refractivity contribution >= 4 is 13.7 Å². The maximum atomic E-state index is 10.6. The van der Waals surface area contributed by atoms with Crippen molar-refractivity contribution in [2.75, 3.05) is 13.1 Å². The smallest absolute Gasteiger partial charge is 0.215 e. The molecule has 0 aliphatic carbocycles. The zero-order valence-corrected chi connectivity index (χ0v) is 6.63. The molecule has 1 saturated heterocycles. The standard InChI is InChI=1S/C6H13BN2O2/c7-6(11)9-4-1-2-8-3-5(4)10/h4-5,8,10H,1-3,7H2,(H,9,11)/t4-,5-/m0/s1. The normalized spacial score (nSPS) is 31.4. The van der Waals surface area contributed by atoms with Crippen molar-refractivity contribution in [3.8, 4) is 0 Å². The Hall–Kier alpha value is -0.545. The molecule has 1 aliphatic heterocycles. The molecule has 1 fully saturated rings. The molecule has 11 heavy (non-hydrogen) atoms. The molecule has 0 aromatic rings. The van der Waals surface area contributed by atoms with Gasteiger partial charge in [0, 0.05) is 6.54 Å². The Morgan fingerprint density at radius 3 is 3.00 bits per heavy atom. The molecule has 1 heterocycles. The van der Waals surface area contributed by atoms with Crippen LogP contribution in [0.5, 0.6) is 0 Å². The Kier molecular flexibility index (Phi) is 2.90. The number of amides is 1. The van der Waals surface area contributed by atoms with Gasteiger partial charge in [-0.15, -0.1) is 0 Å². The van der Waals surface area contributed by atoms with Crippen LogP contribution in [0.15, 0.2) is 0 Å². The Morgan fingerprint density at radius 2 is 2.45 bits per heavy atom. The molecule has 1 aliphatic rings. The van der Waals surface area contributed by atoms with Crippen molar-refractivity contribution in [1.82, 2.24) is 10.6 Å². The lowest BCUT2D eigenvalue weighted by Gasteiger charge is -2.28. The van der Waals surface area contributed by atoms with Crippen LogP contribution in [0, 0.1) is 0 Å². The van der Waals surface area contributed by atoms with E-state index in [-0.39, 0.29) is 11.8 Å². The molecule has 2 atom stereocenters. The number of hydrogen-bond donors (Lipinski definition) is 3. The number of nitrogens with one attached hydrogen (secondary N) is 2. The molecule has 0 spiro atoms. The van der Waals surface area contributed by atoms with Gasteiger partial charge in [0.15, 0.2) is 5.81 Å². The van der Waals surface area contributed by atoms with Gasteiger partial charge in [0.1, 0.15) is 0 Å². The fraction of sp³-hybridized carbons (Fsp3) is 0.833. The van der Waals surface area contributed by atoms with Gasteiger partial charge in [-0.05, 0) is 13.0 Å². The van der Waals surface area contributed by atoms with E-state index in [4.69, 9.17) is 0 Å². The summed E-state index contributed by atoms with van der Waals surface area (Å²) in [5.41, 5.74) is 0. The first kappa shape index (κ1) is 8.55. The Balaban J connectivity index is 2.35. The van der Waals surface area contributed by atoms with Crippen LogP contribution in [-0.2, 0) is 0 Å². The summed E-state index contributed by atoms with van der Waals surface area (Å²) in [6, 6.07) is -0.0613. The molecule has 0 radical (unpaired) electrons. The summed E-state index contributed by atoms with van der Waals surface area (Å²) >= 11 is 0. The van der Waals surface area contributed by atoms with E-state index in [2.05, 4.69) is 10.6 Å². The summed E-state index contributed by atoms with van der Waals surface area (Å²) in [5.74, 6) is -0.0732. The number of aliphatic hydroxyl groups excluding tert-OH is 1. The summed E-state index contributed by atoms with van der Waals surface area (Å²) in [5, 5.41) is 15.1. The van der Waals surface area contributed by atoms with Crippen LogP contribution in [0.1, 0.15) is 6.42 Å². The van der Waals surface area contributed by atoms with E-state index in [0.29, 0.717) is 6.54 Å². The largest absolute Gasteiger partial charge is 0.390 e. The van der Waals surface area contributed by atoms with E-state index in [1.807, 2.05) is 0 Å². The fourth-order valence-corrected chi connectivity index (χ4v) is 1.27. The second-order valence-corrected chi connectivity index (χ2v) is 2.87. The second kappa shape index (κ2) is 3.73. The Bertz CT molecular complexity index is 154. The zero-order chi connectivity index (χ0) is 8.27. The highest BCUT2D eigenvalue weighted by atomic mass is 16.3. The maximum absolute atomic E-state index is 10.6. The van der Waals surface area contributed by atoms with E-state index in [1.165, 1.54) is 7.85 Å². The van der Waals surface area contributed by atoms with Crippen LogP contribution in [0.2, 0.25) is 0 Å². The van der Waals surface area contributed by atoms with Gasteiger partial charge in [0.2, 0.25) is 7.85 Å². The second-order valence-electron chi connectivity index (χ2n) is 2.87. The molecule has 0 bridgehead atoms. The van der Waals surface area contributed by atoms with Crippen LogP contribution >= 0.6 is 0 Å². The number of hydrogen-bond acceptors (Lipinski definition) is 3. The molecule has 0 unspecified atom stereocenters. The third-order valence-corrected chi connectivity index (χ3v) is 1.84. The first-order valence-corrected chi connectivity index (χ1v) is 3.86. The molecule has 3 N–H and O–H groups in total. The van der Waals surface area contributed by atoms with Crippen molar-refractivity contribution in [2.45, 2.75) is 18.6 Å². The number of β-amino-alcohol motifs (C(OH)–C–C–N with tert-alkyl or cyclic N) is 1. The molecule has 0 aromatic heterocycles. The van der Waals surface area contributed by atoms with Gasteiger partial charge in [0.05, 0.1) is 12.1 Å². The molecule has 0 aromatic carbocycles. The minimum absolute atomic E-state index is 0.0613. The predicted molar refractivity (Wildman–Crippen MR) is 44.4 cm³/mol. The SMILES string of the molecule is BC(=O)N[C@H]1CCNC[C@@H]1O. The summed E-state index contributed by atoms with van der Waals surface area (Å²) in [6.45, 7) is 1.44. The van der Waals surface area contributed by atoms with Gasteiger partial charge >= 0.3 is 0 Å². The van der Waals surface area contributed by atoms with Crippen LogP contribution in [0.4, 0.5) is 4.79 Å². The van der Waals surface area contributed by atoms with Crippen molar-refractivity contribution in [1.29, 1.82) is 0 Å². The van der Waals surface area contributed by atoms with Crippen LogP contribution in [0.3, 0.4) is 0 Å². The molecular formula is C6H13BN2O2. The van der Waals surface area contributed by atoms with E-state index in [1.54, 1.807) is 0 Å². The lowest BCUT2D eigenvalue weighted by Crippen LogP contribution is -2.52. The first-order chi connectivity index (χ1) is 5.20. The van der Waals surface area contributed by atoms with Gasteiger partial charge in [-0.2, -0.15) is 0 Å². The molecule has 5 heteroatoms. The highest BCUT2D eigenvalue weighted by Gasteiger charge is 2.22. The monoisotopic (exact) mass is 156 g/mol. The van der Waals surface area contributed by atoms with E-state index < -0.39 is 6.10 Å². The van der Waals surface area contributed by atoms with Crippen LogP contribution in [-0.4, -0.2) is 44.0 Å². The van der Waals surface area contributed by atoms with Gasteiger partial charge < -0.3 is 15.7 Å². The first-order valence-electron chi connectivity index (χ1n) is 3.86. The molecule has 1 rings (SSSR count). The van der Waals surface area contributed by atoms with E-state index in [9.17, 15) is 9.90 Å². The van der Waals surface area contributed by atoms with Crippen molar-refractivity contribution in [3.63, 3.8) is 0 Å². The van der Waals surface area contributed by atoms with Crippen molar-refractivity contribution < 1.29 is 9.90 Å². The van der Waals surface area contributed by atoms with Gasteiger partial charge in [0.25, 0.3) is 0 Å². The molecule has 0 saturated carbocycles. The average molecular weight is 156 g/mol. The molecule has 62 valence electrons. The number of aliphatic hydroxyl groups is 1. The van der Waals surface area contributed by atoms with Gasteiger partial charge in [-0.25, -0.2) is 0 Å². The third kappa shape index (κ3) is 2.51. The number of carbonyl (C=O) groups is 1. The maximum Gasteiger partial charge on any atom is 0.215 e. The predicted octanol–water partition coefficient (Wildman–Crippen LogP) is -1.95. The topological polar surface area (TPSA) is 61.4 Å². The van der Waals surface area contributed by atoms with Crippen molar-refractivity contribution in [2.24, 2.45) is 0 Å². The Morgan fingerprint density at radius 1 is 1.73 bits per heavy atom. The van der Waals surface area contributed by atoms with Crippen molar-refractivity contribution in [3.05, 3.63) is 0 Å². The number of piperidine rings is 1. The molecular weight excluding hydrogens is 143 g/mol. The molecule has 1 amide bonds. The highest BCUT2D eigenvalue weighted by Crippen LogP contribution is 2.02. The van der Waals surface area contributed by atoms with E-state index in [0.717, 1.165) is 13.0 Å². The van der Waals surface area contributed by atoms with Crippen LogP contribution < -0.4 is 10.6 Å². The lowest BCUT2D eigenvalue weighted by molar-refractivity contribution is 0.108. The highest BCUT2D eigenvalue weighted by molar-refractivity contribution is 6.57. The lowest BCUT2D eigenvalue weighted by atomic mass is 10.0.